The summed E-state index contributed by atoms with van der Waals surface area (Å²) >= 11 is 0. The van der Waals surface area contributed by atoms with Crippen molar-refractivity contribution in [2.24, 2.45) is 10.9 Å². The number of aliphatic imine (C=N–C) groups is 1. The topological polar surface area (TPSA) is 74.6 Å². The second-order valence-electron chi connectivity index (χ2n) is 7.02. The predicted molar refractivity (Wildman–Crippen MR) is 108 cm³/mol. The monoisotopic (exact) mass is 386 g/mol. The van der Waals surface area contributed by atoms with Crippen LogP contribution in [0.3, 0.4) is 0 Å². The molecule has 1 fully saturated rings. The van der Waals surface area contributed by atoms with Gasteiger partial charge < -0.3 is 20.1 Å². The summed E-state index contributed by atoms with van der Waals surface area (Å²) in [6.07, 6.45) is 6.66. The minimum Gasteiger partial charge on any atom is -0.357 e. The van der Waals surface area contributed by atoms with Gasteiger partial charge in [-0.3, -0.25) is 4.79 Å². The van der Waals surface area contributed by atoms with Crippen LogP contribution in [0.1, 0.15) is 26.3 Å². The number of nitrogens with zero attached hydrogens (tertiary/aromatic N) is 4. The van der Waals surface area contributed by atoms with Gasteiger partial charge in [-0.05, 0) is 37.5 Å². The van der Waals surface area contributed by atoms with Crippen molar-refractivity contribution in [1.29, 1.82) is 0 Å². The average molecular weight is 386 g/mol. The van der Waals surface area contributed by atoms with Gasteiger partial charge in [0.2, 0.25) is 5.91 Å². The number of likely N-dealkylation sites (tertiary alicyclic amines) is 1. The summed E-state index contributed by atoms with van der Waals surface area (Å²) in [5.74, 6) is 0.582. The van der Waals surface area contributed by atoms with Gasteiger partial charge >= 0.3 is 0 Å². The summed E-state index contributed by atoms with van der Waals surface area (Å²) in [6, 6.07) is 6.14. The Morgan fingerprint density at radius 1 is 1.43 bits per heavy atom. The molecule has 1 aromatic carbocycles. The number of imidazole rings is 1. The number of hydrogen-bond donors (Lipinski definition) is 2. The molecule has 2 unspecified atom stereocenters. The molecule has 2 heterocycles. The number of piperidine rings is 1. The highest BCUT2D eigenvalue weighted by Gasteiger charge is 2.28. The number of rotatable bonds is 5. The van der Waals surface area contributed by atoms with Crippen LogP contribution in [0.5, 0.6) is 0 Å². The number of anilines is 1. The van der Waals surface area contributed by atoms with Gasteiger partial charge in [-0.2, -0.15) is 0 Å². The van der Waals surface area contributed by atoms with E-state index in [-0.39, 0.29) is 18.3 Å². The molecule has 2 aromatic rings. The molecule has 2 atom stereocenters. The lowest BCUT2D eigenvalue weighted by molar-refractivity contribution is -0.114. The molecule has 0 aliphatic carbocycles. The number of amides is 1. The third-order valence-electron chi connectivity index (χ3n) is 4.94. The minimum absolute atomic E-state index is 0.0271. The summed E-state index contributed by atoms with van der Waals surface area (Å²) in [6.45, 7) is 6.62. The van der Waals surface area contributed by atoms with E-state index in [4.69, 9.17) is 0 Å². The number of nitrogens with one attached hydrogen (secondary N) is 2. The number of guanidine groups is 1. The van der Waals surface area contributed by atoms with E-state index in [1.54, 1.807) is 18.3 Å². The molecule has 0 saturated carbocycles. The minimum atomic E-state index is -0.386. The molecule has 1 aromatic heterocycles. The molecule has 1 aliphatic heterocycles. The van der Waals surface area contributed by atoms with E-state index in [0.717, 1.165) is 19.5 Å². The molecule has 0 bridgehead atoms. The van der Waals surface area contributed by atoms with Gasteiger partial charge in [0.15, 0.2) is 5.96 Å². The van der Waals surface area contributed by atoms with Crippen LogP contribution in [0, 0.1) is 11.7 Å². The summed E-state index contributed by atoms with van der Waals surface area (Å²) in [4.78, 5) is 23.1. The standard InChI is InChI=1S/C20H27FN6O/c1-3-23-20(24-12-19(28)25-17-6-4-5-16(21)11-17)26-9-7-15(2)18(13-26)27-10-8-22-14-27/h4-6,8,10-11,14-15,18H,3,7,9,12-13H2,1-2H3,(H,23,24)(H,25,28). The molecular formula is C20H27FN6O. The number of halogens is 1. The fourth-order valence-electron chi connectivity index (χ4n) is 3.43. The Hall–Kier alpha value is -2.90. The highest BCUT2D eigenvalue weighted by atomic mass is 19.1. The van der Waals surface area contributed by atoms with Gasteiger partial charge in [0, 0.05) is 37.7 Å². The normalized spacial score (nSPS) is 20.1. The fraction of sp³-hybridized carbons (Fsp3) is 0.450. The second-order valence-corrected chi connectivity index (χ2v) is 7.02. The largest absolute Gasteiger partial charge is 0.357 e. The molecule has 28 heavy (non-hydrogen) atoms. The molecule has 0 spiro atoms. The highest BCUT2D eigenvalue weighted by molar-refractivity contribution is 5.94. The van der Waals surface area contributed by atoms with E-state index < -0.39 is 0 Å². The zero-order valence-electron chi connectivity index (χ0n) is 16.3. The van der Waals surface area contributed by atoms with Crippen LogP contribution >= 0.6 is 0 Å². The number of hydrogen-bond acceptors (Lipinski definition) is 3. The van der Waals surface area contributed by atoms with E-state index in [0.29, 0.717) is 30.2 Å². The molecule has 7 nitrogen and oxygen atoms in total. The first-order chi connectivity index (χ1) is 13.6. The van der Waals surface area contributed by atoms with Crippen molar-refractivity contribution in [2.45, 2.75) is 26.3 Å². The maximum absolute atomic E-state index is 13.3. The first kappa shape index (κ1) is 19.9. The zero-order chi connectivity index (χ0) is 19.9. The van der Waals surface area contributed by atoms with Gasteiger partial charge in [-0.1, -0.05) is 13.0 Å². The Kier molecular flexibility index (Phi) is 6.62. The van der Waals surface area contributed by atoms with Crippen LogP contribution in [0.2, 0.25) is 0 Å². The van der Waals surface area contributed by atoms with Crippen molar-refractivity contribution in [3.63, 3.8) is 0 Å². The Morgan fingerprint density at radius 3 is 3.00 bits per heavy atom. The maximum atomic E-state index is 13.3. The molecule has 2 N–H and O–H groups in total. The molecule has 1 aliphatic rings. The van der Waals surface area contributed by atoms with Gasteiger partial charge in [0.05, 0.1) is 12.4 Å². The number of benzene rings is 1. The third-order valence-corrected chi connectivity index (χ3v) is 4.94. The van der Waals surface area contributed by atoms with Crippen molar-refractivity contribution in [2.75, 3.05) is 31.5 Å². The van der Waals surface area contributed by atoms with E-state index in [1.165, 1.54) is 12.1 Å². The zero-order valence-corrected chi connectivity index (χ0v) is 16.3. The van der Waals surface area contributed by atoms with Gasteiger partial charge in [0.25, 0.3) is 0 Å². The van der Waals surface area contributed by atoms with Crippen LogP contribution < -0.4 is 10.6 Å². The molecule has 8 heteroatoms. The quantitative estimate of drug-likeness (QED) is 0.612. The van der Waals surface area contributed by atoms with Gasteiger partial charge in [0.1, 0.15) is 12.4 Å². The van der Waals surface area contributed by atoms with Gasteiger partial charge in [-0.15, -0.1) is 0 Å². The van der Waals surface area contributed by atoms with Crippen LogP contribution in [0.4, 0.5) is 10.1 Å². The molecule has 150 valence electrons. The van der Waals surface area contributed by atoms with Crippen LogP contribution in [-0.2, 0) is 4.79 Å². The van der Waals surface area contributed by atoms with Gasteiger partial charge in [-0.25, -0.2) is 14.4 Å². The van der Waals surface area contributed by atoms with E-state index >= 15 is 0 Å². The highest BCUT2D eigenvalue weighted by Crippen LogP contribution is 2.27. The van der Waals surface area contributed by atoms with Crippen LogP contribution in [-0.4, -0.2) is 52.5 Å². The fourth-order valence-corrected chi connectivity index (χ4v) is 3.43. The Labute approximate surface area is 164 Å². The molecular weight excluding hydrogens is 359 g/mol. The number of carbonyl (C=O) groups excluding carboxylic acids is 1. The first-order valence-electron chi connectivity index (χ1n) is 9.63. The Balaban J connectivity index is 1.65. The molecule has 0 radical (unpaired) electrons. The maximum Gasteiger partial charge on any atom is 0.246 e. The third kappa shape index (κ3) is 5.09. The second kappa shape index (κ2) is 9.34. The first-order valence-corrected chi connectivity index (χ1v) is 9.63. The Morgan fingerprint density at radius 2 is 2.29 bits per heavy atom. The van der Waals surface area contributed by atoms with Crippen molar-refractivity contribution >= 4 is 17.6 Å². The molecule has 1 saturated heterocycles. The summed E-state index contributed by atoms with van der Waals surface area (Å²) < 4.78 is 15.4. The van der Waals surface area contributed by atoms with Crippen molar-refractivity contribution in [3.05, 3.63) is 48.8 Å². The summed E-state index contributed by atoms with van der Waals surface area (Å²) in [5.41, 5.74) is 0.428. The van der Waals surface area contributed by atoms with Crippen LogP contribution in [0.15, 0.2) is 48.0 Å². The van der Waals surface area contributed by atoms with Crippen LogP contribution in [0.25, 0.3) is 0 Å². The number of aromatic nitrogens is 2. The van der Waals surface area contributed by atoms with E-state index in [2.05, 4.69) is 37.0 Å². The molecule has 3 rings (SSSR count). The van der Waals surface area contributed by atoms with Crippen molar-refractivity contribution in [1.82, 2.24) is 19.8 Å². The lowest BCUT2D eigenvalue weighted by Gasteiger charge is -2.39. The predicted octanol–water partition coefficient (Wildman–Crippen LogP) is 2.51. The lowest BCUT2D eigenvalue weighted by Crippen LogP contribution is -2.49. The SMILES string of the molecule is CCNC(=NCC(=O)Nc1cccc(F)c1)N1CCC(C)C(n2ccnc2)C1. The van der Waals surface area contributed by atoms with E-state index in [1.807, 2.05) is 19.4 Å². The number of carbonyl (C=O) groups is 1. The van der Waals surface area contributed by atoms with Crippen molar-refractivity contribution < 1.29 is 9.18 Å². The smallest absolute Gasteiger partial charge is 0.246 e. The molecule has 1 amide bonds. The lowest BCUT2D eigenvalue weighted by atomic mass is 9.93. The summed E-state index contributed by atoms with van der Waals surface area (Å²) in [7, 11) is 0. The summed E-state index contributed by atoms with van der Waals surface area (Å²) in [5, 5.41) is 5.95. The van der Waals surface area contributed by atoms with Crippen molar-refractivity contribution in [3.8, 4) is 0 Å². The Bertz CT molecular complexity index is 807. The van der Waals surface area contributed by atoms with E-state index in [9.17, 15) is 9.18 Å². The average Bonchev–Trinajstić information content (AvgIpc) is 3.20.